The van der Waals surface area contributed by atoms with Crippen LogP contribution in [0.1, 0.15) is 25.2 Å². The maximum Gasteiger partial charge on any atom is 0.258 e. The van der Waals surface area contributed by atoms with Crippen LogP contribution in [-0.2, 0) is 13.7 Å². The van der Waals surface area contributed by atoms with Crippen LogP contribution in [-0.4, -0.2) is 14.7 Å². The highest BCUT2D eigenvalue weighted by Gasteiger charge is 2.01. The number of hydrogen-bond acceptors (Lipinski definition) is 3. The Labute approximate surface area is 77.9 Å². The van der Waals surface area contributed by atoms with E-state index < -0.39 is 0 Å². The van der Waals surface area contributed by atoms with Gasteiger partial charge >= 0.3 is 0 Å². The first-order valence-corrected chi connectivity index (χ1v) is 4.29. The van der Waals surface area contributed by atoms with Gasteiger partial charge < -0.3 is 5.11 Å². The summed E-state index contributed by atoms with van der Waals surface area (Å²) in [6, 6.07) is 0. The van der Waals surface area contributed by atoms with E-state index in [-0.39, 0.29) is 12.2 Å². The van der Waals surface area contributed by atoms with E-state index in [1.165, 1.54) is 10.8 Å². The van der Waals surface area contributed by atoms with E-state index in [4.69, 9.17) is 5.11 Å². The van der Waals surface area contributed by atoms with E-state index in [0.717, 1.165) is 0 Å². The average molecular weight is 184 g/mol. The molecule has 4 heteroatoms. The minimum Gasteiger partial charge on any atom is -0.391 e. The average Bonchev–Trinajstić information content (AvgIpc) is 2.18. The molecule has 0 amide bonds. The van der Waals surface area contributed by atoms with Crippen LogP contribution in [0.5, 0.6) is 0 Å². The van der Waals surface area contributed by atoms with Gasteiger partial charge in [-0.1, -0.05) is 13.8 Å². The Morgan fingerprint density at radius 3 is 2.54 bits per heavy atom. The van der Waals surface area contributed by atoms with Crippen LogP contribution >= 0.6 is 0 Å². The molecule has 0 fully saturated rings. The molecule has 0 aliphatic heterocycles. The number of nitrogens with zero attached hydrogens (tertiary/aromatic N) is 2. The van der Waals surface area contributed by atoms with Gasteiger partial charge in [0, 0.05) is 13.2 Å². The second kappa shape index (κ2) is 5.48. The van der Waals surface area contributed by atoms with Crippen LogP contribution in [0.3, 0.4) is 0 Å². The van der Waals surface area contributed by atoms with Crippen LogP contribution in [0.25, 0.3) is 0 Å². The summed E-state index contributed by atoms with van der Waals surface area (Å²) in [7, 11) is 1.63. The van der Waals surface area contributed by atoms with E-state index in [1.807, 2.05) is 13.8 Å². The predicted molar refractivity (Wildman–Crippen MR) is 51.5 cm³/mol. The fourth-order valence-electron chi connectivity index (χ4n) is 0.784. The molecule has 0 saturated carbocycles. The molecule has 1 aromatic rings. The minimum absolute atomic E-state index is 0.181. The highest BCUT2D eigenvalue weighted by molar-refractivity contribution is 5.05. The topological polar surface area (TPSA) is 55.1 Å². The summed E-state index contributed by atoms with van der Waals surface area (Å²) in [4.78, 5) is 15.1. The van der Waals surface area contributed by atoms with Gasteiger partial charge in [-0.05, 0) is 6.92 Å². The molecule has 0 radical (unpaired) electrons. The number of aryl methyl sites for hydroxylation is 1. The Kier molecular flexibility index (Phi) is 4.99. The minimum atomic E-state index is -0.250. The van der Waals surface area contributed by atoms with Crippen molar-refractivity contribution in [1.82, 2.24) is 9.55 Å². The largest absolute Gasteiger partial charge is 0.391 e. The second-order valence-electron chi connectivity index (χ2n) is 2.35. The van der Waals surface area contributed by atoms with Crippen LogP contribution in [0.15, 0.2) is 11.0 Å². The molecule has 0 unspecified atom stereocenters. The van der Waals surface area contributed by atoms with E-state index in [9.17, 15) is 4.79 Å². The van der Waals surface area contributed by atoms with Gasteiger partial charge in [0.1, 0.15) is 5.82 Å². The molecule has 13 heavy (non-hydrogen) atoms. The summed E-state index contributed by atoms with van der Waals surface area (Å²) in [5, 5.41) is 8.68. The number of aromatic nitrogens is 2. The van der Waals surface area contributed by atoms with Crippen molar-refractivity contribution in [3.05, 3.63) is 27.9 Å². The summed E-state index contributed by atoms with van der Waals surface area (Å²) in [6.45, 7) is 5.49. The SMILES string of the molecule is CC.Cc1ncc(CO)c(=O)n1C. The van der Waals surface area contributed by atoms with E-state index in [2.05, 4.69) is 4.98 Å². The van der Waals surface area contributed by atoms with Crippen molar-refractivity contribution in [1.29, 1.82) is 0 Å². The molecular weight excluding hydrogens is 168 g/mol. The van der Waals surface area contributed by atoms with Gasteiger partial charge in [-0.25, -0.2) is 4.98 Å². The Balaban J connectivity index is 0.000000671. The molecule has 1 aromatic heterocycles. The third-order valence-electron chi connectivity index (χ3n) is 1.64. The lowest BCUT2D eigenvalue weighted by Gasteiger charge is -2.02. The molecule has 0 atom stereocenters. The van der Waals surface area contributed by atoms with E-state index in [0.29, 0.717) is 11.4 Å². The third kappa shape index (κ3) is 2.66. The quantitative estimate of drug-likeness (QED) is 0.695. The van der Waals surface area contributed by atoms with Gasteiger partial charge in [0.25, 0.3) is 5.56 Å². The van der Waals surface area contributed by atoms with Crippen molar-refractivity contribution < 1.29 is 5.11 Å². The lowest BCUT2D eigenvalue weighted by Crippen LogP contribution is -2.23. The first-order valence-electron chi connectivity index (χ1n) is 4.29. The van der Waals surface area contributed by atoms with Crippen LogP contribution in [0, 0.1) is 6.92 Å². The summed E-state index contributed by atoms with van der Waals surface area (Å²) in [5.41, 5.74) is 0.151. The molecule has 1 heterocycles. The maximum absolute atomic E-state index is 11.2. The monoisotopic (exact) mass is 184 g/mol. The Hall–Kier alpha value is -1.16. The summed E-state index contributed by atoms with van der Waals surface area (Å²) < 4.78 is 1.41. The maximum atomic E-state index is 11.2. The fourth-order valence-corrected chi connectivity index (χ4v) is 0.784. The highest BCUT2D eigenvalue weighted by Crippen LogP contribution is 1.90. The second-order valence-corrected chi connectivity index (χ2v) is 2.35. The zero-order valence-corrected chi connectivity index (χ0v) is 8.53. The summed E-state index contributed by atoms with van der Waals surface area (Å²) >= 11 is 0. The molecular formula is C9H16N2O2. The van der Waals surface area contributed by atoms with E-state index >= 15 is 0 Å². The van der Waals surface area contributed by atoms with Crippen LogP contribution in [0.2, 0.25) is 0 Å². The summed E-state index contributed by atoms with van der Waals surface area (Å²) in [6.07, 6.45) is 1.40. The molecule has 74 valence electrons. The molecule has 1 N–H and O–H groups in total. The number of aliphatic hydroxyl groups excluding tert-OH is 1. The third-order valence-corrected chi connectivity index (χ3v) is 1.64. The Morgan fingerprint density at radius 1 is 1.54 bits per heavy atom. The lowest BCUT2D eigenvalue weighted by atomic mass is 10.3. The molecule has 0 aliphatic rings. The fraction of sp³-hybridized carbons (Fsp3) is 0.556. The number of hydrogen-bond donors (Lipinski definition) is 1. The van der Waals surface area contributed by atoms with Crippen molar-refractivity contribution in [2.24, 2.45) is 7.05 Å². The van der Waals surface area contributed by atoms with Crippen molar-refractivity contribution in [3.63, 3.8) is 0 Å². The predicted octanol–water partition coefficient (Wildman–Crippen LogP) is 0.607. The highest BCUT2D eigenvalue weighted by atomic mass is 16.3. The first kappa shape index (κ1) is 11.8. The molecule has 0 aromatic carbocycles. The lowest BCUT2D eigenvalue weighted by molar-refractivity contribution is 0.278. The van der Waals surface area contributed by atoms with E-state index in [1.54, 1.807) is 14.0 Å². The van der Waals surface area contributed by atoms with Crippen molar-refractivity contribution in [2.45, 2.75) is 27.4 Å². The van der Waals surface area contributed by atoms with Crippen LogP contribution in [0.4, 0.5) is 0 Å². The van der Waals surface area contributed by atoms with Gasteiger partial charge in [-0.15, -0.1) is 0 Å². The van der Waals surface area contributed by atoms with Crippen molar-refractivity contribution in [3.8, 4) is 0 Å². The smallest absolute Gasteiger partial charge is 0.258 e. The summed E-state index contributed by atoms with van der Waals surface area (Å²) in [5.74, 6) is 0.646. The Bertz CT molecular complexity index is 318. The van der Waals surface area contributed by atoms with Gasteiger partial charge in [0.2, 0.25) is 0 Å². The molecule has 0 bridgehead atoms. The molecule has 0 spiro atoms. The van der Waals surface area contributed by atoms with Gasteiger partial charge in [0.15, 0.2) is 0 Å². The van der Waals surface area contributed by atoms with Gasteiger partial charge in [-0.3, -0.25) is 9.36 Å². The van der Waals surface area contributed by atoms with Gasteiger partial charge in [-0.2, -0.15) is 0 Å². The zero-order valence-electron chi connectivity index (χ0n) is 8.53. The first-order chi connectivity index (χ1) is 6.16. The number of aliphatic hydroxyl groups is 1. The normalized spacial score (nSPS) is 9.00. The van der Waals surface area contributed by atoms with Crippen LogP contribution < -0.4 is 5.56 Å². The Morgan fingerprint density at radius 2 is 2.08 bits per heavy atom. The van der Waals surface area contributed by atoms with Crippen molar-refractivity contribution >= 4 is 0 Å². The molecule has 4 nitrogen and oxygen atoms in total. The zero-order chi connectivity index (χ0) is 10.4. The number of rotatable bonds is 1. The standard InChI is InChI=1S/C7H10N2O2.C2H6/c1-5-8-3-6(4-10)7(11)9(5)2;1-2/h3,10H,4H2,1-2H3;1-2H3. The molecule has 0 saturated heterocycles. The molecule has 1 rings (SSSR count). The van der Waals surface area contributed by atoms with Crippen molar-refractivity contribution in [2.75, 3.05) is 0 Å². The molecule has 0 aliphatic carbocycles. The van der Waals surface area contributed by atoms with Gasteiger partial charge in [0.05, 0.1) is 12.2 Å².